The minimum absolute atomic E-state index is 0.00499. The Labute approximate surface area is 183 Å². The zero-order chi connectivity index (χ0) is 23.0. The lowest BCUT2D eigenvalue weighted by atomic mass is 10.1. The number of nitrogen functional groups attached to an aromatic ring is 1. The SMILES string of the molecule is CC(C)n1cc(C(=O)c2cncc(NS(=O)(=O)c3ccccc3F)c2)c2c(N)ncnc21. The van der Waals surface area contributed by atoms with E-state index in [-0.39, 0.29) is 28.7 Å². The Balaban J connectivity index is 1.74. The maximum absolute atomic E-state index is 14.0. The molecule has 4 rings (SSSR count). The van der Waals surface area contributed by atoms with Gasteiger partial charge in [0.25, 0.3) is 10.0 Å². The summed E-state index contributed by atoms with van der Waals surface area (Å²) in [6, 6.07) is 6.32. The fraction of sp³-hybridized carbons (Fsp3) is 0.143. The first-order valence-corrected chi connectivity index (χ1v) is 11.1. The van der Waals surface area contributed by atoms with Gasteiger partial charge >= 0.3 is 0 Å². The molecule has 0 aliphatic carbocycles. The molecule has 32 heavy (non-hydrogen) atoms. The number of carbonyl (C=O) groups excluding carboxylic acids is 1. The van der Waals surface area contributed by atoms with Gasteiger partial charge in [-0.3, -0.25) is 14.5 Å². The van der Waals surface area contributed by atoms with E-state index in [9.17, 15) is 17.6 Å². The predicted octanol–water partition coefficient (Wildman–Crippen LogP) is 3.16. The number of nitrogens with one attached hydrogen (secondary N) is 1. The van der Waals surface area contributed by atoms with Crippen LogP contribution < -0.4 is 10.5 Å². The second kappa shape index (κ2) is 8.00. The fourth-order valence-corrected chi connectivity index (χ4v) is 4.44. The first-order valence-electron chi connectivity index (χ1n) is 9.57. The largest absolute Gasteiger partial charge is 0.383 e. The van der Waals surface area contributed by atoms with Crippen molar-refractivity contribution in [1.82, 2.24) is 19.5 Å². The van der Waals surface area contributed by atoms with Crippen LogP contribution in [0.3, 0.4) is 0 Å². The lowest BCUT2D eigenvalue weighted by molar-refractivity contribution is 0.103. The molecule has 0 radical (unpaired) electrons. The van der Waals surface area contributed by atoms with Crippen LogP contribution in [0.5, 0.6) is 0 Å². The monoisotopic (exact) mass is 454 g/mol. The molecule has 0 aliphatic rings. The molecule has 3 heterocycles. The molecule has 0 fully saturated rings. The molecule has 164 valence electrons. The highest BCUT2D eigenvalue weighted by Gasteiger charge is 2.23. The molecule has 9 nitrogen and oxygen atoms in total. The van der Waals surface area contributed by atoms with Crippen molar-refractivity contribution < 1.29 is 17.6 Å². The molecule has 0 unspecified atom stereocenters. The highest BCUT2D eigenvalue weighted by Crippen LogP contribution is 2.29. The molecule has 3 aromatic heterocycles. The van der Waals surface area contributed by atoms with Crippen molar-refractivity contribution in [2.75, 3.05) is 10.5 Å². The Morgan fingerprint density at radius 1 is 1.19 bits per heavy atom. The molecule has 0 bridgehead atoms. The minimum atomic E-state index is -4.22. The standard InChI is InChI=1S/C21H19FN6O3S/c1-12(2)28-10-15(18-20(23)25-11-26-21(18)28)19(29)13-7-14(9-24-8-13)27-32(30,31)17-6-4-3-5-16(17)22/h3-12,27H,1-2H3,(H2,23,25,26). The van der Waals surface area contributed by atoms with Gasteiger partial charge in [0.05, 0.1) is 22.8 Å². The number of ketones is 1. The second-order valence-corrected chi connectivity index (χ2v) is 8.98. The van der Waals surface area contributed by atoms with Crippen molar-refractivity contribution in [2.45, 2.75) is 24.8 Å². The molecule has 0 atom stereocenters. The summed E-state index contributed by atoms with van der Waals surface area (Å²) in [5.74, 6) is -1.17. The third kappa shape index (κ3) is 3.78. The van der Waals surface area contributed by atoms with Gasteiger partial charge in [-0.2, -0.15) is 0 Å². The van der Waals surface area contributed by atoms with E-state index < -0.39 is 26.5 Å². The van der Waals surface area contributed by atoms with Gasteiger partial charge < -0.3 is 10.3 Å². The molecule has 11 heteroatoms. The molecule has 0 saturated heterocycles. The summed E-state index contributed by atoms with van der Waals surface area (Å²) in [5, 5.41) is 0.406. The van der Waals surface area contributed by atoms with E-state index in [4.69, 9.17) is 5.73 Å². The van der Waals surface area contributed by atoms with Gasteiger partial charge in [-0.05, 0) is 32.0 Å². The number of sulfonamides is 1. The summed E-state index contributed by atoms with van der Waals surface area (Å²) in [6.45, 7) is 3.87. The highest BCUT2D eigenvalue weighted by atomic mass is 32.2. The Bertz CT molecular complexity index is 1450. The van der Waals surface area contributed by atoms with Gasteiger partial charge in [0, 0.05) is 24.0 Å². The van der Waals surface area contributed by atoms with E-state index in [0.717, 1.165) is 12.1 Å². The van der Waals surface area contributed by atoms with Crippen LogP contribution >= 0.6 is 0 Å². The van der Waals surface area contributed by atoms with E-state index in [1.165, 1.54) is 36.9 Å². The second-order valence-electron chi connectivity index (χ2n) is 7.33. The molecule has 3 N–H and O–H groups in total. The highest BCUT2D eigenvalue weighted by molar-refractivity contribution is 7.92. The Morgan fingerprint density at radius 3 is 2.66 bits per heavy atom. The molecular formula is C21H19FN6O3S. The Hall–Kier alpha value is -3.86. The van der Waals surface area contributed by atoms with Gasteiger partial charge in [0.1, 0.15) is 28.5 Å². The van der Waals surface area contributed by atoms with Crippen LogP contribution in [0.2, 0.25) is 0 Å². The molecular weight excluding hydrogens is 435 g/mol. The number of aromatic nitrogens is 4. The van der Waals surface area contributed by atoms with Crippen LogP contribution in [-0.4, -0.2) is 33.7 Å². The third-order valence-corrected chi connectivity index (χ3v) is 6.23. The number of nitrogens with zero attached hydrogens (tertiary/aromatic N) is 4. The van der Waals surface area contributed by atoms with Crippen molar-refractivity contribution in [3.05, 3.63) is 72.2 Å². The van der Waals surface area contributed by atoms with Crippen molar-refractivity contribution >= 4 is 38.3 Å². The van der Waals surface area contributed by atoms with E-state index in [1.54, 1.807) is 10.8 Å². The smallest absolute Gasteiger partial charge is 0.264 e. The summed E-state index contributed by atoms with van der Waals surface area (Å²) < 4.78 is 43.2. The van der Waals surface area contributed by atoms with Gasteiger partial charge in [-0.1, -0.05) is 12.1 Å². The number of benzene rings is 1. The molecule has 0 aliphatic heterocycles. The quantitative estimate of drug-likeness (QED) is 0.428. The van der Waals surface area contributed by atoms with Crippen LogP contribution in [0, 0.1) is 5.82 Å². The molecule has 0 saturated carbocycles. The van der Waals surface area contributed by atoms with E-state index >= 15 is 0 Å². The number of hydrogen-bond acceptors (Lipinski definition) is 7. The number of carbonyl (C=O) groups is 1. The average Bonchev–Trinajstić information content (AvgIpc) is 3.14. The number of nitrogens with two attached hydrogens (primary N) is 1. The molecule has 1 aromatic carbocycles. The summed E-state index contributed by atoms with van der Waals surface area (Å²) in [5.41, 5.74) is 6.92. The Morgan fingerprint density at radius 2 is 1.94 bits per heavy atom. The van der Waals surface area contributed by atoms with Crippen LogP contribution in [0.4, 0.5) is 15.9 Å². The molecule has 0 spiro atoms. The van der Waals surface area contributed by atoms with E-state index in [1.807, 2.05) is 13.8 Å². The fourth-order valence-electron chi connectivity index (χ4n) is 3.32. The minimum Gasteiger partial charge on any atom is -0.383 e. The van der Waals surface area contributed by atoms with Gasteiger partial charge in [0.2, 0.25) is 0 Å². The number of hydrogen-bond donors (Lipinski definition) is 2. The first-order chi connectivity index (χ1) is 15.2. The number of rotatable bonds is 6. The average molecular weight is 454 g/mol. The van der Waals surface area contributed by atoms with Crippen LogP contribution in [0.1, 0.15) is 35.8 Å². The first kappa shape index (κ1) is 21.4. The maximum Gasteiger partial charge on any atom is 0.264 e. The topological polar surface area (TPSA) is 133 Å². The molecule has 4 aromatic rings. The summed E-state index contributed by atoms with van der Waals surface area (Å²) in [6.07, 6.45) is 5.50. The number of anilines is 2. The Kier molecular flexibility index (Phi) is 5.35. The lowest BCUT2D eigenvalue weighted by Gasteiger charge is -2.09. The summed E-state index contributed by atoms with van der Waals surface area (Å²) >= 11 is 0. The number of pyridine rings is 1. The van der Waals surface area contributed by atoms with Gasteiger partial charge in [-0.25, -0.2) is 22.8 Å². The van der Waals surface area contributed by atoms with Gasteiger partial charge in [-0.15, -0.1) is 0 Å². The van der Waals surface area contributed by atoms with Crippen LogP contribution in [0.15, 0.2) is 60.1 Å². The third-order valence-electron chi connectivity index (χ3n) is 4.82. The summed E-state index contributed by atoms with van der Waals surface area (Å²) in [4.78, 5) is 25.0. The summed E-state index contributed by atoms with van der Waals surface area (Å²) in [7, 11) is -4.22. The van der Waals surface area contributed by atoms with Crippen LogP contribution in [-0.2, 0) is 10.0 Å². The van der Waals surface area contributed by atoms with Crippen molar-refractivity contribution in [2.24, 2.45) is 0 Å². The number of fused-ring (bicyclic) bond motifs is 1. The zero-order valence-corrected chi connectivity index (χ0v) is 18.0. The lowest BCUT2D eigenvalue weighted by Crippen LogP contribution is -2.15. The van der Waals surface area contributed by atoms with E-state index in [2.05, 4.69) is 19.7 Å². The van der Waals surface area contributed by atoms with Gasteiger partial charge in [0.15, 0.2) is 5.78 Å². The van der Waals surface area contributed by atoms with Crippen molar-refractivity contribution in [1.29, 1.82) is 0 Å². The molecule has 0 amide bonds. The van der Waals surface area contributed by atoms with Crippen molar-refractivity contribution in [3.63, 3.8) is 0 Å². The zero-order valence-electron chi connectivity index (χ0n) is 17.2. The van der Waals surface area contributed by atoms with E-state index in [0.29, 0.717) is 11.0 Å². The maximum atomic E-state index is 14.0. The predicted molar refractivity (Wildman–Crippen MR) is 117 cm³/mol. The van der Waals surface area contributed by atoms with Crippen LogP contribution in [0.25, 0.3) is 11.0 Å². The normalized spacial score (nSPS) is 11.8. The number of halogens is 1. The van der Waals surface area contributed by atoms with Crippen molar-refractivity contribution in [3.8, 4) is 0 Å².